The molecule has 1 fully saturated rings. The molecule has 0 unspecified atom stereocenters. The van der Waals surface area contributed by atoms with E-state index < -0.39 is 23.7 Å². The number of ether oxygens (including phenoxy) is 1. The van der Waals surface area contributed by atoms with Gasteiger partial charge in [-0.2, -0.15) is 0 Å². The van der Waals surface area contributed by atoms with E-state index in [1.165, 1.54) is 0 Å². The first kappa shape index (κ1) is 19.4. The predicted molar refractivity (Wildman–Crippen MR) is 108 cm³/mol. The van der Waals surface area contributed by atoms with Crippen molar-refractivity contribution in [2.75, 3.05) is 13.2 Å². The van der Waals surface area contributed by atoms with Crippen molar-refractivity contribution in [3.05, 3.63) is 69.4 Å². The fraction of sp³-hybridized carbons (Fsp3) is 0.364. The summed E-state index contributed by atoms with van der Waals surface area (Å²) in [6, 6.07) is 9.25. The number of para-hydroxylation sites is 1. The molecule has 0 aliphatic carbocycles. The summed E-state index contributed by atoms with van der Waals surface area (Å²) in [5, 5.41) is 13.8. The van der Waals surface area contributed by atoms with Gasteiger partial charge in [0.25, 0.3) is 5.91 Å². The minimum atomic E-state index is -0.685. The van der Waals surface area contributed by atoms with Crippen LogP contribution in [0.25, 0.3) is 10.9 Å². The highest BCUT2D eigenvalue weighted by Crippen LogP contribution is 2.20. The number of hydrogen-bond acceptors (Lipinski definition) is 5. The molecule has 1 amide bonds. The molecule has 1 aliphatic rings. The molecule has 29 heavy (non-hydrogen) atoms. The Labute approximate surface area is 167 Å². The Morgan fingerprint density at radius 1 is 1.31 bits per heavy atom. The summed E-state index contributed by atoms with van der Waals surface area (Å²) in [4.78, 5) is 28.3. The predicted octanol–water partition coefficient (Wildman–Crippen LogP) is 2.09. The van der Waals surface area contributed by atoms with E-state index >= 15 is 0 Å². The lowest BCUT2D eigenvalue weighted by molar-refractivity contribution is -0.0140. The molecule has 0 spiro atoms. The molecule has 152 valence electrons. The Balaban J connectivity index is 1.48. The Hall–Kier alpha value is -2.90. The number of aryl methyl sites for hydroxylation is 3. The summed E-state index contributed by atoms with van der Waals surface area (Å²) in [6.45, 7) is 2.40. The molecule has 7 nitrogen and oxygen atoms in total. The van der Waals surface area contributed by atoms with Crippen molar-refractivity contribution in [1.82, 2.24) is 10.3 Å². The van der Waals surface area contributed by atoms with E-state index in [-0.39, 0.29) is 12.2 Å². The molecule has 3 aromatic rings. The van der Waals surface area contributed by atoms with Crippen LogP contribution in [0.3, 0.4) is 0 Å². The van der Waals surface area contributed by atoms with Crippen LogP contribution < -0.4 is 10.9 Å². The van der Waals surface area contributed by atoms with Crippen molar-refractivity contribution in [2.45, 2.75) is 38.3 Å². The molecule has 3 N–H and O–H groups in total. The lowest BCUT2D eigenvalue weighted by Gasteiger charge is -2.28. The zero-order valence-electron chi connectivity index (χ0n) is 16.2. The Morgan fingerprint density at radius 3 is 2.93 bits per heavy atom. The highest BCUT2D eigenvalue weighted by molar-refractivity contribution is 5.95. The normalized spacial score (nSPS) is 19.4. The van der Waals surface area contributed by atoms with Gasteiger partial charge in [-0.3, -0.25) is 4.79 Å². The van der Waals surface area contributed by atoms with E-state index in [0.717, 1.165) is 16.5 Å². The van der Waals surface area contributed by atoms with Crippen LogP contribution in [-0.4, -0.2) is 41.4 Å². The largest absolute Gasteiger partial charge is 0.427 e. The summed E-state index contributed by atoms with van der Waals surface area (Å²) >= 11 is 0. The van der Waals surface area contributed by atoms with Crippen molar-refractivity contribution in [2.24, 2.45) is 0 Å². The maximum Gasteiger partial charge on any atom is 0.349 e. The van der Waals surface area contributed by atoms with Crippen molar-refractivity contribution >= 4 is 16.8 Å². The van der Waals surface area contributed by atoms with E-state index in [2.05, 4.69) is 16.4 Å². The van der Waals surface area contributed by atoms with Gasteiger partial charge >= 0.3 is 5.63 Å². The number of benzene rings is 1. The van der Waals surface area contributed by atoms with Gasteiger partial charge in [-0.15, -0.1) is 0 Å². The van der Waals surface area contributed by atoms with Crippen LogP contribution in [0, 0.1) is 6.92 Å². The zero-order valence-corrected chi connectivity index (χ0v) is 16.2. The molecule has 2 atom stereocenters. The van der Waals surface area contributed by atoms with E-state index in [9.17, 15) is 14.7 Å². The molecule has 0 radical (unpaired) electrons. The van der Waals surface area contributed by atoms with Gasteiger partial charge < -0.3 is 24.6 Å². The first-order chi connectivity index (χ1) is 14.0. The topological polar surface area (TPSA) is 105 Å². The fourth-order valence-electron chi connectivity index (χ4n) is 3.77. The number of amides is 1. The van der Waals surface area contributed by atoms with Crippen LogP contribution in [0.1, 0.15) is 33.7 Å². The van der Waals surface area contributed by atoms with Gasteiger partial charge in [-0.1, -0.05) is 18.2 Å². The number of nitrogens with one attached hydrogen (secondary N) is 2. The maximum absolute atomic E-state index is 12.6. The summed E-state index contributed by atoms with van der Waals surface area (Å²) < 4.78 is 10.7. The van der Waals surface area contributed by atoms with E-state index in [0.29, 0.717) is 37.2 Å². The minimum absolute atomic E-state index is 0.0291. The second-order valence-electron chi connectivity index (χ2n) is 7.43. The number of aromatic nitrogens is 1. The average molecular weight is 396 g/mol. The molecule has 2 aromatic heterocycles. The maximum atomic E-state index is 12.6. The molecule has 1 saturated heterocycles. The molecule has 0 bridgehead atoms. The van der Waals surface area contributed by atoms with Gasteiger partial charge in [-0.25, -0.2) is 4.79 Å². The monoisotopic (exact) mass is 396 g/mol. The van der Waals surface area contributed by atoms with Crippen LogP contribution in [0.4, 0.5) is 0 Å². The molecular formula is C22H24N2O5. The van der Waals surface area contributed by atoms with Crippen LogP contribution in [0.15, 0.2) is 45.7 Å². The zero-order chi connectivity index (χ0) is 20.4. The number of aliphatic hydroxyl groups is 1. The third-order valence-corrected chi connectivity index (χ3v) is 5.38. The second kappa shape index (κ2) is 8.23. The highest BCUT2D eigenvalue weighted by Gasteiger charge is 2.27. The third-order valence-electron chi connectivity index (χ3n) is 5.38. The van der Waals surface area contributed by atoms with Crippen LogP contribution >= 0.6 is 0 Å². The van der Waals surface area contributed by atoms with Gasteiger partial charge in [0.15, 0.2) is 0 Å². The summed E-state index contributed by atoms with van der Waals surface area (Å²) in [5.41, 5.74) is 2.08. The van der Waals surface area contributed by atoms with Crippen LogP contribution in [-0.2, 0) is 17.6 Å². The van der Waals surface area contributed by atoms with Crippen molar-refractivity contribution in [3.63, 3.8) is 0 Å². The number of rotatable bonds is 5. The van der Waals surface area contributed by atoms with Crippen molar-refractivity contribution in [3.8, 4) is 0 Å². The standard InChI is InChI=1S/C22H24N2O5/c1-13-10-15(7-6-14-11-23-17-5-3-2-4-16(14)17)29-22(27)20(13)21(26)24-18-12-28-9-8-19(18)25/h2-5,10-11,18-19,23,25H,6-9,12H2,1H3,(H,24,26)/t18-,19-/m1/s1. The number of carbonyl (C=O) groups excluding carboxylic acids is 1. The van der Waals surface area contributed by atoms with Crippen LogP contribution in [0.2, 0.25) is 0 Å². The lowest BCUT2D eigenvalue weighted by Crippen LogP contribution is -2.50. The van der Waals surface area contributed by atoms with Gasteiger partial charge in [0.1, 0.15) is 11.3 Å². The molecule has 3 heterocycles. The summed E-state index contributed by atoms with van der Waals surface area (Å²) in [7, 11) is 0. The number of aliphatic hydroxyl groups excluding tert-OH is 1. The molecule has 4 rings (SSSR count). The highest BCUT2D eigenvalue weighted by atomic mass is 16.5. The molecule has 0 saturated carbocycles. The van der Waals surface area contributed by atoms with E-state index in [1.54, 1.807) is 13.0 Å². The Kier molecular flexibility index (Phi) is 5.51. The third kappa shape index (κ3) is 4.11. The molecule has 7 heteroatoms. The summed E-state index contributed by atoms with van der Waals surface area (Å²) in [6.07, 6.45) is 2.99. The van der Waals surface area contributed by atoms with Gasteiger partial charge in [0, 0.05) is 30.1 Å². The lowest BCUT2D eigenvalue weighted by atomic mass is 10.0. The van der Waals surface area contributed by atoms with Crippen molar-refractivity contribution < 1.29 is 19.1 Å². The summed E-state index contributed by atoms with van der Waals surface area (Å²) in [5.74, 6) is -0.00987. The quantitative estimate of drug-likeness (QED) is 0.613. The first-order valence-electron chi connectivity index (χ1n) is 9.78. The molecule has 1 aliphatic heterocycles. The first-order valence-corrected chi connectivity index (χ1v) is 9.78. The second-order valence-corrected chi connectivity index (χ2v) is 7.43. The number of aromatic amines is 1. The van der Waals surface area contributed by atoms with Crippen molar-refractivity contribution in [1.29, 1.82) is 0 Å². The number of hydrogen-bond donors (Lipinski definition) is 3. The number of H-pyrrole nitrogens is 1. The van der Waals surface area contributed by atoms with E-state index in [4.69, 9.17) is 9.15 Å². The number of fused-ring (bicyclic) bond motifs is 1. The number of carbonyl (C=O) groups is 1. The van der Waals surface area contributed by atoms with Gasteiger partial charge in [0.05, 0.1) is 18.8 Å². The smallest absolute Gasteiger partial charge is 0.349 e. The Bertz CT molecular complexity index is 1080. The minimum Gasteiger partial charge on any atom is -0.427 e. The van der Waals surface area contributed by atoms with Gasteiger partial charge in [-0.05, 0) is 43.0 Å². The van der Waals surface area contributed by atoms with E-state index in [1.807, 2.05) is 24.4 Å². The average Bonchev–Trinajstić information content (AvgIpc) is 3.11. The van der Waals surface area contributed by atoms with Gasteiger partial charge in [0.2, 0.25) is 0 Å². The fourth-order valence-corrected chi connectivity index (χ4v) is 3.77. The molecule has 1 aromatic carbocycles. The SMILES string of the molecule is Cc1cc(CCc2c[nH]c3ccccc23)oc(=O)c1C(=O)N[C@@H]1COCC[C@H]1O. The molecular weight excluding hydrogens is 372 g/mol. The van der Waals surface area contributed by atoms with Crippen LogP contribution in [0.5, 0.6) is 0 Å². The Morgan fingerprint density at radius 2 is 2.14 bits per heavy atom.